The number of alkyl halides is 3. The summed E-state index contributed by atoms with van der Waals surface area (Å²) in [6.07, 6.45) is -5.21. The molecule has 2 rings (SSSR count). The van der Waals surface area contributed by atoms with E-state index in [-0.39, 0.29) is 12.2 Å². The molecule has 0 heterocycles. The fraction of sp³-hybridized carbons (Fsp3) is 0.158. The number of anilines is 1. The average Bonchev–Trinajstić information content (AvgIpc) is 2.53. The maximum absolute atomic E-state index is 12.5. The lowest BCUT2D eigenvalue weighted by molar-refractivity contribution is -0.133. The van der Waals surface area contributed by atoms with Crippen LogP contribution in [0.5, 0.6) is 0 Å². The van der Waals surface area contributed by atoms with E-state index in [0.29, 0.717) is 28.1 Å². The van der Waals surface area contributed by atoms with Crippen LogP contribution in [0.4, 0.5) is 18.9 Å². The Bertz CT molecular complexity index is 750. The molecule has 0 aliphatic carbocycles. The lowest BCUT2D eigenvalue weighted by Gasteiger charge is -2.16. The van der Waals surface area contributed by atoms with Crippen LogP contribution in [0.1, 0.15) is 23.1 Å². The summed E-state index contributed by atoms with van der Waals surface area (Å²) in [4.78, 5) is 0. The van der Waals surface area contributed by atoms with E-state index in [1.165, 1.54) is 0 Å². The lowest BCUT2D eigenvalue weighted by Crippen LogP contribution is -2.10. The Hall–Kier alpha value is -2.69. The normalized spacial score (nSPS) is 11.1. The van der Waals surface area contributed by atoms with E-state index < -0.39 is 12.6 Å². The fourth-order valence-corrected chi connectivity index (χ4v) is 2.36. The number of nitrogens with one attached hydrogen (secondary N) is 1. The van der Waals surface area contributed by atoms with Gasteiger partial charge in [0.05, 0.1) is 0 Å². The predicted octanol–water partition coefficient (Wildman–Crippen LogP) is 5.79. The first-order valence-corrected chi connectivity index (χ1v) is 7.36. The van der Waals surface area contributed by atoms with Crippen molar-refractivity contribution in [3.8, 4) is 0 Å². The smallest absolute Gasteiger partial charge is 0.389 e. The van der Waals surface area contributed by atoms with Crippen LogP contribution in [0.25, 0.3) is 11.5 Å². The molecule has 0 fully saturated rings. The summed E-state index contributed by atoms with van der Waals surface area (Å²) >= 11 is 0. The van der Waals surface area contributed by atoms with E-state index in [1.54, 1.807) is 48.5 Å². The number of halogens is 3. The van der Waals surface area contributed by atoms with Gasteiger partial charge in [-0.3, -0.25) is 0 Å². The van der Waals surface area contributed by atoms with Gasteiger partial charge in [0.25, 0.3) is 0 Å². The molecule has 0 unspecified atom stereocenters. The quantitative estimate of drug-likeness (QED) is 0.656. The van der Waals surface area contributed by atoms with E-state index in [4.69, 9.17) is 0 Å². The van der Waals surface area contributed by atoms with Crippen LogP contribution in [0, 0.1) is 0 Å². The topological polar surface area (TPSA) is 32.3 Å². The third-order valence-electron chi connectivity index (χ3n) is 3.54. The molecule has 0 aromatic heterocycles. The third kappa shape index (κ3) is 4.65. The van der Waals surface area contributed by atoms with Crippen molar-refractivity contribution in [3.05, 3.63) is 78.4 Å². The monoisotopic (exact) mass is 333 g/mol. The number of hydrogen-bond donors (Lipinski definition) is 2. The molecule has 0 spiro atoms. The second-order valence-electron chi connectivity index (χ2n) is 5.37. The number of aliphatic hydroxyl groups is 1. The van der Waals surface area contributed by atoms with Crippen molar-refractivity contribution < 1.29 is 18.3 Å². The van der Waals surface area contributed by atoms with Gasteiger partial charge in [-0.25, -0.2) is 0 Å². The Morgan fingerprint density at radius 2 is 1.54 bits per heavy atom. The Kier molecular flexibility index (Phi) is 5.34. The number of aryl methyl sites for hydroxylation is 1. The molecular weight excluding hydrogens is 315 g/mol. The Labute approximate surface area is 139 Å². The molecule has 0 bridgehead atoms. The van der Waals surface area contributed by atoms with E-state index in [0.717, 1.165) is 0 Å². The molecule has 2 aromatic carbocycles. The Morgan fingerprint density at radius 3 is 2.17 bits per heavy atom. The number of benzene rings is 2. The van der Waals surface area contributed by atoms with Crippen LogP contribution in [0.2, 0.25) is 0 Å². The minimum absolute atomic E-state index is 0.0982. The third-order valence-corrected chi connectivity index (χ3v) is 3.54. The molecule has 126 valence electrons. The minimum atomic E-state index is -4.20. The molecule has 0 amide bonds. The van der Waals surface area contributed by atoms with Crippen molar-refractivity contribution in [1.29, 1.82) is 0 Å². The maximum atomic E-state index is 12.5. The molecule has 0 aliphatic rings. The van der Waals surface area contributed by atoms with Crippen molar-refractivity contribution in [2.45, 2.75) is 19.0 Å². The number of rotatable bonds is 6. The van der Waals surface area contributed by atoms with Crippen molar-refractivity contribution >= 4 is 17.1 Å². The predicted molar refractivity (Wildman–Crippen MR) is 91.6 cm³/mol. The zero-order valence-electron chi connectivity index (χ0n) is 13.0. The SMILES string of the molecule is C=C(O)c1ccccc1C(=C)Nc1ccccc1CCC(F)(F)F. The van der Waals surface area contributed by atoms with Gasteiger partial charge in [-0.15, -0.1) is 0 Å². The fourth-order valence-electron chi connectivity index (χ4n) is 2.36. The van der Waals surface area contributed by atoms with Crippen LogP contribution >= 0.6 is 0 Å². The van der Waals surface area contributed by atoms with E-state index in [2.05, 4.69) is 18.5 Å². The van der Waals surface area contributed by atoms with Crippen LogP contribution in [0.3, 0.4) is 0 Å². The van der Waals surface area contributed by atoms with Crippen LogP contribution < -0.4 is 5.32 Å². The zero-order valence-corrected chi connectivity index (χ0v) is 13.0. The molecule has 5 heteroatoms. The standard InChI is InChI=1S/C19H18F3NO/c1-13(16-8-4-5-9-17(16)14(2)24)23-18-10-6-3-7-15(18)11-12-19(20,21)22/h3-10,23-24H,1-2,11-12H2. The van der Waals surface area contributed by atoms with Gasteiger partial charge in [0.15, 0.2) is 0 Å². The largest absolute Gasteiger partial charge is 0.508 e. The summed E-state index contributed by atoms with van der Waals surface area (Å²) in [5, 5.41) is 12.7. The Balaban J connectivity index is 2.23. The van der Waals surface area contributed by atoms with E-state index in [1.807, 2.05) is 0 Å². The number of hydrogen-bond acceptors (Lipinski definition) is 2. The second kappa shape index (κ2) is 7.25. The zero-order chi connectivity index (χ0) is 17.7. The molecule has 2 nitrogen and oxygen atoms in total. The highest BCUT2D eigenvalue weighted by Gasteiger charge is 2.26. The molecule has 2 aromatic rings. The second-order valence-corrected chi connectivity index (χ2v) is 5.37. The van der Waals surface area contributed by atoms with Gasteiger partial charge in [-0.2, -0.15) is 13.2 Å². The van der Waals surface area contributed by atoms with Gasteiger partial charge >= 0.3 is 6.18 Å². The highest BCUT2D eigenvalue weighted by Crippen LogP contribution is 2.28. The van der Waals surface area contributed by atoms with Crippen LogP contribution in [-0.4, -0.2) is 11.3 Å². The van der Waals surface area contributed by atoms with Gasteiger partial charge in [0, 0.05) is 28.9 Å². The first-order chi connectivity index (χ1) is 11.3. The minimum Gasteiger partial charge on any atom is -0.508 e. The maximum Gasteiger partial charge on any atom is 0.389 e. The number of aliphatic hydroxyl groups excluding tert-OH is 1. The van der Waals surface area contributed by atoms with Crippen molar-refractivity contribution in [2.75, 3.05) is 5.32 Å². The van der Waals surface area contributed by atoms with Gasteiger partial charge in [-0.1, -0.05) is 55.6 Å². The van der Waals surface area contributed by atoms with Crippen molar-refractivity contribution in [3.63, 3.8) is 0 Å². The van der Waals surface area contributed by atoms with Gasteiger partial charge in [0.1, 0.15) is 5.76 Å². The summed E-state index contributed by atoms with van der Waals surface area (Å²) in [5.41, 5.74) is 2.74. The summed E-state index contributed by atoms with van der Waals surface area (Å²) in [6.45, 7) is 7.44. The van der Waals surface area contributed by atoms with Crippen LogP contribution in [0.15, 0.2) is 61.7 Å². The molecule has 0 radical (unpaired) electrons. The van der Waals surface area contributed by atoms with Gasteiger partial charge in [0.2, 0.25) is 0 Å². The molecule has 0 saturated carbocycles. The average molecular weight is 333 g/mol. The van der Waals surface area contributed by atoms with Crippen molar-refractivity contribution in [1.82, 2.24) is 0 Å². The lowest BCUT2D eigenvalue weighted by atomic mass is 10.0. The van der Waals surface area contributed by atoms with Crippen LogP contribution in [-0.2, 0) is 6.42 Å². The number of para-hydroxylation sites is 1. The molecule has 0 atom stereocenters. The summed E-state index contributed by atoms with van der Waals surface area (Å²) in [6, 6.07) is 13.8. The first kappa shape index (κ1) is 17.7. The summed E-state index contributed by atoms with van der Waals surface area (Å²) < 4.78 is 37.4. The Morgan fingerprint density at radius 1 is 0.958 bits per heavy atom. The first-order valence-electron chi connectivity index (χ1n) is 7.36. The molecule has 24 heavy (non-hydrogen) atoms. The summed E-state index contributed by atoms with van der Waals surface area (Å²) in [7, 11) is 0. The molecule has 2 N–H and O–H groups in total. The van der Waals surface area contributed by atoms with E-state index >= 15 is 0 Å². The van der Waals surface area contributed by atoms with Crippen molar-refractivity contribution in [2.24, 2.45) is 0 Å². The van der Waals surface area contributed by atoms with Gasteiger partial charge in [-0.05, 0) is 18.1 Å². The highest BCUT2D eigenvalue weighted by molar-refractivity contribution is 5.82. The van der Waals surface area contributed by atoms with Gasteiger partial charge < -0.3 is 10.4 Å². The summed E-state index contributed by atoms with van der Waals surface area (Å²) in [5.74, 6) is -0.0982. The molecule has 0 aliphatic heterocycles. The molecule has 0 saturated heterocycles. The molecular formula is C19H18F3NO. The van der Waals surface area contributed by atoms with E-state index in [9.17, 15) is 18.3 Å². The highest BCUT2D eigenvalue weighted by atomic mass is 19.4.